The molecule has 0 aliphatic heterocycles. The molecule has 1 aromatic heterocycles. The molecule has 0 N–H and O–H groups in total. The predicted molar refractivity (Wildman–Crippen MR) is 82.8 cm³/mol. The first-order valence-corrected chi connectivity index (χ1v) is 7.37. The zero-order valence-corrected chi connectivity index (χ0v) is 13.7. The number of hydrogen-bond acceptors (Lipinski definition) is 6. The monoisotopic (exact) mass is 301 g/mol. The minimum atomic E-state index is 0.174. The molecule has 0 bridgehead atoms. The van der Waals surface area contributed by atoms with Crippen LogP contribution in [0.3, 0.4) is 0 Å². The van der Waals surface area contributed by atoms with Crippen LogP contribution >= 0.6 is 11.6 Å². The number of rotatable bonds is 8. The number of anilines is 2. The molecule has 0 aliphatic rings. The summed E-state index contributed by atoms with van der Waals surface area (Å²) in [7, 11) is 1.69. The summed E-state index contributed by atoms with van der Waals surface area (Å²) in [6.45, 7) is 11.3. The highest BCUT2D eigenvalue weighted by Gasteiger charge is 2.18. The second kappa shape index (κ2) is 8.21. The van der Waals surface area contributed by atoms with Crippen molar-refractivity contribution in [3.8, 4) is 0 Å². The predicted octanol–water partition coefficient (Wildman–Crippen LogP) is 2.23. The van der Waals surface area contributed by atoms with Gasteiger partial charge in [-0.1, -0.05) is 0 Å². The van der Waals surface area contributed by atoms with Gasteiger partial charge in [0.1, 0.15) is 0 Å². The average molecular weight is 302 g/mol. The fourth-order valence-corrected chi connectivity index (χ4v) is 2.24. The normalized spacial score (nSPS) is 12.3. The molecular weight excluding hydrogens is 278 g/mol. The maximum Gasteiger partial charge on any atom is 0.231 e. The quantitative estimate of drug-likeness (QED) is 0.734. The van der Waals surface area contributed by atoms with Crippen LogP contribution in [0.4, 0.5) is 11.9 Å². The molecule has 1 atom stereocenters. The Bertz CT molecular complexity index is 414. The molecule has 1 rings (SSSR count). The van der Waals surface area contributed by atoms with E-state index in [2.05, 4.69) is 47.5 Å². The highest BCUT2D eigenvalue weighted by atomic mass is 35.5. The Kier molecular flexibility index (Phi) is 6.95. The maximum atomic E-state index is 6.04. The maximum absolute atomic E-state index is 6.04. The van der Waals surface area contributed by atoms with E-state index >= 15 is 0 Å². The summed E-state index contributed by atoms with van der Waals surface area (Å²) in [4.78, 5) is 17.1. The number of methoxy groups -OCH3 is 1. The molecule has 7 heteroatoms. The van der Waals surface area contributed by atoms with E-state index in [-0.39, 0.29) is 11.3 Å². The van der Waals surface area contributed by atoms with Gasteiger partial charge in [0.2, 0.25) is 17.2 Å². The lowest BCUT2D eigenvalue weighted by molar-refractivity contribution is 0.181. The summed E-state index contributed by atoms with van der Waals surface area (Å²) in [5, 5.41) is 0.222. The van der Waals surface area contributed by atoms with Crippen LogP contribution in [0.1, 0.15) is 27.7 Å². The van der Waals surface area contributed by atoms with Gasteiger partial charge in [-0.2, -0.15) is 15.0 Å². The van der Waals surface area contributed by atoms with Crippen molar-refractivity contribution in [3.63, 3.8) is 0 Å². The van der Waals surface area contributed by atoms with Gasteiger partial charge in [-0.05, 0) is 39.3 Å². The fraction of sp³-hybridized carbons (Fsp3) is 0.769. The Morgan fingerprint density at radius 2 is 1.65 bits per heavy atom. The summed E-state index contributed by atoms with van der Waals surface area (Å²) >= 11 is 6.04. The zero-order chi connectivity index (χ0) is 15.1. The summed E-state index contributed by atoms with van der Waals surface area (Å²) in [6, 6.07) is 0.174. The van der Waals surface area contributed by atoms with E-state index in [4.69, 9.17) is 16.3 Å². The van der Waals surface area contributed by atoms with E-state index < -0.39 is 0 Å². The number of halogens is 1. The molecular formula is C13H24ClN5O. The van der Waals surface area contributed by atoms with E-state index in [9.17, 15) is 0 Å². The first-order valence-electron chi connectivity index (χ1n) is 6.99. The van der Waals surface area contributed by atoms with Gasteiger partial charge in [-0.25, -0.2) is 0 Å². The van der Waals surface area contributed by atoms with Gasteiger partial charge in [-0.15, -0.1) is 0 Å². The van der Waals surface area contributed by atoms with Gasteiger partial charge >= 0.3 is 0 Å². The second-order valence-corrected chi connectivity index (χ2v) is 4.81. The van der Waals surface area contributed by atoms with Gasteiger partial charge in [0.15, 0.2) is 0 Å². The molecule has 1 heterocycles. The SMILES string of the molecule is CCN(CC)c1nc(Cl)nc(N(CC)C(C)COC)n1. The minimum Gasteiger partial charge on any atom is -0.383 e. The molecule has 0 fully saturated rings. The highest BCUT2D eigenvalue weighted by molar-refractivity contribution is 6.28. The number of likely N-dealkylation sites (N-methyl/N-ethyl adjacent to an activating group) is 1. The van der Waals surface area contributed by atoms with Gasteiger partial charge in [0.25, 0.3) is 0 Å². The average Bonchev–Trinajstić information content (AvgIpc) is 2.40. The van der Waals surface area contributed by atoms with Crippen LogP contribution in [-0.2, 0) is 4.74 Å². The van der Waals surface area contributed by atoms with Crippen molar-refractivity contribution in [1.29, 1.82) is 0 Å². The Hall–Kier alpha value is -1.14. The van der Waals surface area contributed by atoms with Crippen LogP contribution in [-0.4, -0.2) is 54.3 Å². The number of aromatic nitrogens is 3. The molecule has 114 valence electrons. The van der Waals surface area contributed by atoms with Crippen LogP contribution < -0.4 is 9.80 Å². The van der Waals surface area contributed by atoms with Crippen molar-refractivity contribution in [2.45, 2.75) is 33.7 Å². The molecule has 0 saturated carbocycles. The van der Waals surface area contributed by atoms with Crippen molar-refractivity contribution in [2.75, 3.05) is 43.2 Å². The lowest BCUT2D eigenvalue weighted by Gasteiger charge is -2.28. The first-order chi connectivity index (χ1) is 9.57. The first kappa shape index (κ1) is 16.9. The Morgan fingerprint density at radius 3 is 2.15 bits per heavy atom. The summed E-state index contributed by atoms with van der Waals surface area (Å²) in [5.74, 6) is 1.21. The van der Waals surface area contributed by atoms with E-state index in [0.717, 1.165) is 19.6 Å². The van der Waals surface area contributed by atoms with Gasteiger partial charge in [0, 0.05) is 26.7 Å². The molecule has 0 aromatic carbocycles. The highest BCUT2D eigenvalue weighted by Crippen LogP contribution is 2.18. The van der Waals surface area contributed by atoms with Crippen molar-refractivity contribution >= 4 is 23.5 Å². The van der Waals surface area contributed by atoms with Crippen molar-refractivity contribution in [2.24, 2.45) is 0 Å². The summed E-state index contributed by atoms with van der Waals surface area (Å²) < 4.78 is 5.20. The third kappa shape index (κ3) is 4.18. The smallest absolute Gasteiger partial charge is 0.231 e. The third-order valence-electron chi connectivity index (χ3n) is 3.17. The van der Waals surface area contributed by atoms with Gasteiger partial charge in [-0.3, -0.25) is 0 Å². The fourth-order valence-electron chi connectivity index (χ4n) is 2.09. The second-order valence-electron chi connectivity index (χ2n) is 4.47. The third-order valence-corrected chi connectivity index (χ3v) is 3.34. The zero-order valence-electron chi connectivity index (χ0n) is 12.9. The standard InChI is InChI=1S/C13H24ClN5O/c1-6-18(7-2)12-15-11(14)16-13(17-12)19(8-3)10(4)9-20-5/h10H,6-9H2,1-5H3. The summed E-state index contributed by atoms with van der Waals surface area (Å²) in [5.41, 5.74) is 0. The summed E-state index contributed by atoms with van der Waals surface area (Å²) in [6.07, 6.45) is 0. The van der Waals surface area contributed by atoms with Crippen molar-refractivity contribution in [3.05, 3.63) is 5.28 Å². The number of ether oxygens (including phenoxy) is 1. The molecule has 6 nitrogen and oxygen atoms in total. The lowest BCUT2D eigenvalue weighted by Crippen LogP contribution is -2.38. The van der Waals surface area contributed by atoms with Crippen LogP contribution in [0.15, 0.2) is 0 Å². The van der Waals surface area contributed by atoms with Crippen LogP contribution in [0.2, 0.25) is 5.28 Å². The largest absolute Gasteiger partial charge is 0.383 e. The van der Waals surface area contributed by atoms with Crippen LogP contribution in [0.5, 0.6) is 0 Å². The molecule has 0 saturated heterocycles. The van der Waals surface area contributed by atoms with E-state index in [1.165, 1.54) is 0 Å². The van der Waals surface area contributed by atoms with Gasteiger partial charge < -0.3 is 14.5 Å². The Labute approximate surface area is 126 Å². The van der Waals surface area contributed by atoms with E-state index in [1.54, 1.807) is 7.11 Å². The molecule has 0 radical (unpaired) electrons. The molecule has 20 heavy (non-hydrogen) atoms. The minimum absolute atomic E-state index is 0.174. The van der Waals surface area contributed by atoms with E-state index in [1.807, 2.05) is 4.90 Å². The van der Waals surface area contributed by atoms with Crippen LogP contribution in [0.25, 0.3) is 0 Å². The van der Waals surface area contributed by atoms with Crippen LogP contribution in [0, 0.1) is 0 Å². The van der Waals surface area contributed by atoms with Crippen molar-refractivity contribution < 1.29 is 4.74 Å². The molecule has 0 amide bonds. The molecule has 1 unspecified atom stereocenters. The number of nitrogens with zero attached hydrogens (tertiary/aromatic N) is 5. The Morgan fingerprint density at radius 1 is 1.05 bits per heavy atom. The Balaban J connectivity index is 3.09. The molecule has 0 spiro atoms. The van der Waals surface area contributed by atoms with E-state index in [0.29, 0.717) is 18.5 Å². The lowest BCUT2D eigenvalue weighted by atomic mass is 10.3. The van der Waals surface area contributed by atoms with Gasteiger partial charge in [0.05, 0.1) is 12.6 Å². The molecule has 1 aromatic rings. The van der Waals surface area contributed by atoms with Crippen molar-refractivity contribution in [1.82, 2.24) is 15.0 Å². The topological polar surface area (TPSA) is 54.4 Å². The molecule has 0 aliphatic carbocycles. The number of hydrogen-bond donors (Lipinski definition) is 0.